The van der Waals surface area contributed by atoms with Crippen molar-refractivity contribution in [3.05, 3.63) is 47.8 Å². The summed E-state index contributed by atoms with van der Waals surface area (Å²) in [6.45, 7) is 4.56. The van der Waals surface area contributed by atoms with Crippen LogP contribution in [0.3, 0.4) is 0 Å². The number of fused-ring (bicyclic) bond motifs is 5. The molecule has 1 fully saturated rings. The molecule has 8 nitrogen and oxygen atoms in total. The maximum absolute atomic E-state index is 15.2. The molecule has 1 saturated heterocycles. The van der Waals surface area contributed by atoms with Gasteiger partial charge in [0.05, 0.1) is 23.2 Å². The highest BCUT2D eigenvalue weighted by Gasteiger charge is 2.23. The zero-order chi connectivity index (χ0) is 22.2. The third kappa shape index (κ3) is 3.43. The monoisotopic (exact) mass is 436 g/mol. The van der Waals surface area contributed by atoms with Gasteiger partial charge < -0.3 is 15.0 Å². The molecule has 0 aliphatic carbocycles. The molecule has 1 aliphatic heterocycles. The van der Waals surface area contributed by atoms with Crippen LogP contribution in [0.15, 0.2) is 36.4 Å². The van der Waals surface area contributed by atoms with Gasteiger partial charge in [-0.25, -0.2) is 14.4 Å². The highest BCUT2D eigenvalue weighted by Crippen LogP contribution is 2.29. The highest BCUT2D eigenvalue weighted by molar-refractivity contribution is 6.05. The average molecular weight is 436 g/mol. The number of anilines is 1. The topological polar surface area (TPSA) is 75.0 Å². The molecule has 0 spiro atoms. The molecule has 0 saturated carbocycles. The van der Waals surface area contributed by atoms with Crippen molar-refractivity contribution >= 4 is 39.4 Å². The first-order valence-corrected chi connectivity index (χ1v) is 10.7. The van der Waals surface area contributed by atoms with E-state index in [1.165, 1.54) is 6.07 Å². The Hall–Kier alpha value is -3.30. The SMILES string of the molecule is CNC(=O)c1cc2cc(F)c(N3CCN(CCOC)CC3)nc2n2c1nc1ccccc12. The van der Waals surface area contributed by atoms with Crippen LogP contribution in [0.5, 0.6) is 0 Å². The summed E-state index contributed by atoms with van der Waals surface area (Å²) in [5.74, 6) is -0.339. The summed E-state index contributed by atoms with van der Waals surface area (Å²) in [6, 6.07) is 10.8. The molecule has 1 amide bonds. The third-order valence-electron chi connectivity index (χ3n) is 6.03. The average Bonchev–Trinajstić information content (AvgIpc) is 3.21. The second-order valence-corrected chi connectivity index (χ2v) is 7.92. The maximum Gasteiger partial charge on any atom is 0.254 e. The van der Waals surface area contributed by atoms with E-state index in [9.17, 15) is 4.79 Å². The summed E-state index contributed by atoms with van der Waals surface area (Å²) in [6.07, 6.45) is 0. The van der Waals surface area contributed by atoms with Crippen LogP contribution in [-0.4, -0.2) is 78.7 Å². The molecule has 1 N–H and O–H groups in total. The summed E-state index contributed by atoms with van der Waals surface area (Å²) >= 11 is 0. The fraction of sp³-hybridized carbons (Fsp3) is 0.348. The van der Waals surface area contributed by atoms with Gasteiger partial charge in [-0.1, -0.05) is 12.1 Å². The number of imidazole rings is 1. The van der Waals surface area contributed by atoms with Gasteiger partial charge in [0, 0.05) is 52.3 Å². The number of methoxy groups -OCH3 is 1. The van der Waals surface area contributed by atoms with E-state index in [1.54, 1.807) is 20.2 Å². The summed E-state index contributed by atoms with van der Waals surface area (Å²) in [4.78, 5) is 26.3. The predicted molar refractivity (Wildman–Crippen MR) is 122 cm³/mol. The standard InChI is InChI=1S/C23H25FN6O2/c1-25-23(31)16-13-15-14-17(24)22(29-9-7-28(8-10-29)11-12-32-2)27-20(15)30-19-6-4-3-5-18(19)26-21(16)30/h3-6,13-14H,7-12H2,1-2H3,(H,25,31). The summed E-state index contributed by atoms with van der Waals surface area (Å²) in [5.41, 5.74) is 3.06. The molecule has 0 atom stereocenters. The molecule has 0 radical (unpaired) electrons. The first kappa shape index (κ1) is 20.6. The number of benzene rings is 1. The van der Waals surface area contributed by atoms with E-state index in [2.05, 4.69) is 15.2 Å². The van der Waals surface area contributed by atoms with Crippen molar-refractivity contribution in [2.24, 2.45) is 0 Å². The van der Waals surface area contributed by atoms with Crippen LogP contribution in [0.25, 0.3) is 27.7 Å². The lowest BCUT2D eigenvalue weighted by atomic mass is 10.1. The van der Waals surface area contributed by atoms with Gasteiger partial charge in [0.1, 0.15) is 5.65 Å². The Balaban J connectivity index is 1.64. The zero-order valence-corrected chi connectivity index (χ0v) is 18.1. The number of carbonyl (C=O) groups is 1. The van der Waals surface area contributed by atoms with Crippen LogP contribution in [0, 0.1) is 5.82 Å². The molecule has 166 valence electrons. The lowest BCUT2D eigenvalue weighted by Crippen LogP contribution is -2.47. The van der Waals surface area contributed by atoms with E-state index in [-0.39, 0.29) is 5.91 Å². The van der Waals surface area contributed by atoms with E-state index in [4.69, 9.17) is 9.72 Å². The molecule has 32 heavy (non-hydrogen) atoms. The maximum atomic E-state index is 15.2. The van der Waals surface area contributed by atoms with Crippen molar-refractivity contribution in [3.63, 3.8) is 0 Å². The number of nitrogens with zero attached hydrogens (tertiary/aromatic N) is 5. The minimum atomic E-state index is -0.394. The predicted octanol–water partition coefficient (Wildman–Crippen LogP) is 2.30. The van der Waals surface area contributed by atoms with E-state index < -0.39 is 5.82 Å². The Bertz CT molecular complexity index is 1310. The number of piperazine rings is 1. The lowest BCUT2D eigenvalue weighted by molar-refractivity contribution is 0.0964. The molecular formula is C23H25FN6O2. The van der Waals surface area contributed by atoms with Crippen molar-refractivity contribution in [1.82, 2.24) is 24.6 Å². The fourth-order valence-corrected chi connectivity index (χ4v) is 4.34. The normalized spacial score (nSPS) is 15.2. The number of rotatable bonds is 5. The molecule has 0 bridgehead atoms. The summed E-state index contributed by atoms with van der Waals surface area (Å²) in [7, 11) is 3.26. The second-order valence-electron chi connectivity index (χ2n) is 7.92. The van der Waals surface area contributed by atoms with E-state index in [0.717, 1.165) is 30.7 Å². The molecule has 9 heteroatoms. The lowest BCUT2D eigenvalue weighted by Gasteiger charge is -2.35. The minimum absolute atomic E-state index is 0.274. The molecule has 5 rings (SSSR count). The molecule has 0 unspecified atom stereocenters. The highest BCUT2D eigenvalue weighted by atomic mass is 19.1. The van der Waals surface area contributed by atoms with Crippen LogP contribution in [0.2, 0.25) is 0 Å². The quantitative estimate of drug-likeness (QED) is 0.518. The number of aromatic nitrogens is 3. The number of halogens is 1. The Morgan fingerprint density at radius 1 is 1.12 bits per heavy atom. The van der Waals surface area contributed by atoms with Gasteiger partial charge in [-0.05, 0) is 24.3 Å². The van der Waals surface area contributed by atoms with Crippen molar-refractivity contribution in [3.8, 4) is 0 Å². The summed E-state index contributed by atoms with van der Waals surface area (Å²) in [5, 5.41) is 3.21. The van der Waals surface area contributed by atoms with Crippen LogP contribution >= 0.6 is 0 Å². The first-order valence-electron chi connectivity index (χ1n) is 10.7. The van der Waals surface area contributed by atoms with Gasteiger partial charge in [0.15, 0.2) is 17.3 Å². The van der Waals surface area contributed by atoms with Crippen molar-refractivity contribution < 1.29 is 13.9 Å². The van der Waals surface area contributed by atoms with Gasteiger partial charge in [0.2, 0.25) is 0 Å². The van der Waals surface area contributed by atoms with E-state index in [1.807, 2.05) is 33.6 Å². The number of para-hydroxylation sites is 2. The number of nitrogens with one attached hydrogen (secondary N) is 1. The number of hydrogen-bond donors (Lipinski definition) is 1. The van der Waals surface area contributed by atoms with Crippen LogP contribution in [-0.2, 0) is 4.74 Å². The molecule has 1 aromatic carbocycles. The van der Waals surface area contributed by atoms with Crippen LogP contribution < -0.4 is 10.2 Å². The number of ether oxygens (including phenoxy) is 1. The van der Waals surface area contributed by atoms with Gasteiger partial charge in [0.25, 0.3) is 5.91 Å². The van der Waals surface area contributed by atoms with Gasteiger partial charge in [-0.3, -0.25) is 14.1 Å². The third-order valence-corrected chi connectivity index (χ3v) is 6.03. The minimum Gasteiger partial charge on any atom is -0.383 e. The Morgan fingerprint density at radius 2 is 1.91 bits per heavy atom. The zero-order valence-electron chi connectivity index (χ0n) is 18.1. The Kier molecular flexibility index (Phi) is 5.36. The van der Waals surface area contributed by atoms with E-state index in [0.29, 0.717) is 47.8 Å². The first-order chi connectivity index (χ1) is 15.6. The molecule has 4 aromatic rings. The number of pyridine rings is 2. The number of amides is 1. The van der Waals surface area contributed by atoms with Crippen LogP contribution in [0.4, 0.5) is 10.2 Å². The van der Waals surface area contributed by atoms with Crippen molar-refractivity contribution in [2.75, 3.05) is 58.4 Å². The van der Waals surface area contributed by atoms with Gasteiger partial charge >= 0.3 is 0 Å². The molecule has 1 aliphatic rings. The fourth-order valence-electron chi connectivity index (χ4n) is 4.34. The molecular weight excluding hydrogens is 411 g/mol. The van der Waals surface area contributed by atoms with Crippen LogP contribution in [0.1, 0.15) is 10.4 Å². The second kappa shape index (κ2) is 8.33. The smallest absolute Gasteiger partial charge is 0.254 e. The molecule has 4 heterocycles. The summed E-state index contributed by atoms with van der Waals surface area (Å²) < 4.78 is 22.2. The number of carbonyl (C=O) groups excluding carboxylic acids is 1. The van der Waals surface area contributed by atoms with Gasteiger partial charge in [-0.2, -0.15) is 0 Å². The van der Waals surface area contributed by atoms with Gasteiger partial charge in [-0.15, -0.1) is 0 Å². The molecule has 3 aromatic heterocycles. The van der Waals surface area contributed by atoms with E-state index >= 15 is 4.39 Å². The van der Waals surface area contributed by atoms with Crippen molar-refractivity contribution in [1.29, 1.82) is 0 Å². The largest absolute Gasteiger partial charge is 0.383 e. The Morgan fingerprint density at radius 3 is 2.66 bits per heavy atom. The number of hydrogen-bond acceptors (Lipinski definition) is 6. The van der Waals surface area contributed by atoms with Crippen molar-refractivity contribution in [2.45, 2.75) is 0 Å². The Labute approximate surface area is 184 Å².